The summed E-state index contributed by atoms with van der Waals surface area (Å²) in [6.07, 6.45) is 4.55. The molecule has 0 aliphatic heterocycles. The summed E-state index contributed by atoms with van der Waals surface area (Å²) in [6.45, 7) is 5.05. The standard InChI is InChI=1S/C15H22FN5/c1-3-5-6-11(4-2)10-21-15(18-19-20-21)13-8-7-12(17)9-14(13)16/h7-9,11H,3-6,10,17H2,1-2H3. The van der Waals surface area contributed by atoms with Crippen LogP contribution in [0, 0.1) is 11.7 Å². The third-order valence-corrected chi connectivity index (χ3v) is 3.74. The molecular formula is C15H22FN5. The Labute approximate surface area is 124 Å². The van der Waals surface area contributed by atoms with E-state index >= 15 is 0 Å². The molecule has 114 valence electrons. The van der Waals surface area contributed by atoms with Crippen LogP contribution in [0.5, 0.6) is 0 Å². The Morgan fingerprint density at radius 3 is 2.81 bits per heavy atom. The normalized spacial score (nSPS) is 12.5. The lowest BCUT2D eigenvalue weighted by atomic mass is 9.99. The molecule has 0 saturated heterocycles. The number of unbranched alkanes of at least 4 members (excludes halogenated alkanes) is 1. The van der Waals surface area contributed by atoms with Crippen molar-refractivity contribution in [2.45, 2.75) is 46.1 Å². The van der Waals surface area contributed by atoms with Crippen LogP contribution in [-0.2, 0) is 6.54 Å². The highest BCUT2D eigenvalue weighted by atomic mass is 19.1. The molecule has 0 spiro atoms. The van der Waals surface area contributed by atoms with E-state index in [1.54, 1.807) is 16.8 Å². The van der Waals surface area contributed by atoms with Crippen molar-refractivity contribution in [3.63, 3.8) is 0 Å². The summed E-state index contributed by atoms with van der Waals surface area (Å²) in [5.74, 6) is 0.569. The molecule has 5 nitrogen and oxygen atoms in total. The lowest BCUT2D eigenvalue weighted by Gasteiger charge is -2.15. The predicted molar refractivity (Wildman–Crippen MR) is 80.9 cm³/mol. The minimum atomic E-state index is -0.396. The number of hydrogen-bond donors (Lipinski definition) is 1. The van der Waals surface area contributed by atoms with Crippen LogP contribution < -0.4 is 5.73 Å². The molecule has 0 bridgehead atoms. The summed E-state index contributed by atoms with van der Waals surface area (Å²) in [4.78, 5) is 0. The molecule has 2 N–H and O–H groups in total. The number of nitrogens with zero attached hydrogens (tertiary/aromatic N) is 4. The van der Waals surface area contributed by atoms with Gasteiger partial charge in [-0.1, -0.05) is 33.1 Å². The second kappa shape index (κ2) is 7.15. The summed E-state index contributed by atoms with van der Waals surface area (Å²) in [5, 5.41) is 11.7. The van der Waals surface area contributed by atoms with E-state index < -0.39 is 5.82 Å². The molecule has 0 amide bonds. The topological polar surface area (TPSA) is 69.6 Å². The summed E-state index contributed by atoms with van der Waals surface area (Å²) < 4.78 is 15.7. The highest BCUT2D eigenvalue weighted by molar-refractivity contribution is 5.59. The molecule has 1 aromatic carbocycles. The Balaban J connectivity index is 2.21. The summed E-state index contributed by atoms with van der Waals surface area (Å²) >= 11 is 0. The first kappa shape index (κ1) is 15.4. The minimum absolute atomic E-state index is 0.388. The Morgan fingerprint density at radius 1 is 1.33 bits per heavy atom. The fourth-order valence-corrected chi connectivity index (χ4v) is 2.40. The van der Waals surface area contributed by atoms with E-state index in [4.69, 9.17) is 5.73 Å². The van der Waals surface area contributed by atoms with Crippen LogP contribution in [0.2, 0.25) is 0 Å². The summed E-state index contributed by atoms with van der Waals surface area (Å²) in [6, 6.07) is 4.58. The highest BCUT2D eigenvalue weighted by Crippen LogP contribution is 2.23. The summed E-state index contributed by atoms with van der Waals surface area (Å²) in [5.41, 5.74) is 6.36. The molecule has 0 saturated carbocycles. The largest absolute Gasteiger partial charge is 0.399 e. The van der Waals surface area contributed by atoms with Gasteiger partial charge in [0.1, 0.15) is 5.82 Å². The highest BCUT2D eigenvalue weighted by Gasteiger charge is 2.16. The van der Waals surface area contributed by atoms with E-state index in [-0.39, 0.29) is 0 Å². The van der Waals surface area contributed by atoms with E-state index in [0.29, 0.717) is 29.5 Å². The molecule has 6 heteroatoms. The first-order valence-corrected chi connectivity index (χ1v) is 7.47. The number of nitrogen functional groups attached to an aromatic ring is 1. The van der Waals surface area contributed by atoms with Gasteiger partial charge in [-0.2, -0.15) is 0 Å². The van der Waals surface area contributed by atoms with Crippen LogP contribution in [0.1, 0.15) is 39.5 Å². The van der Waals surface area contributed by atoms with Crippen molar-refractivity contribution in [3.05, 3.63) is 24.0 Å². The number of nitrogens with two attached hydrogens (primary N) is 1. The molecular weight excluding hydrogens is 269 g/mol. The van der Waals surface area contributed by atoms with Gasteiger partial charge in [-0.25, -0.2) is 9.07 Å². The van der Waals surface area contributed by atoms with E-state index in [2.05, 4.69) is 29.4 Å². The molecule has 1 aromatic heterocycles. The number of halogens is 1. The second-order valence-corrected chi connectivity index (χ2v) is 5.34. The fraction of sp³-hybridized carbons (Fsp3) is 0.533. The van der Waals surface area contributed by atoms with Crippen molar-refractivity contribution in [1.82, 2.24) is 20.2 Å². The average molecular weight is 291 g/mol. The molecule has 1 heterocycles. The van der Waals surface area contributed by atoms with Crippen LogP contribution >= 0.6 is 0 Å². The van der Waals surface area contributed by atoms with Crippen LogP contribution in [0.15, 0.2) is 18.2 Å². The van der Waals surface area contributed by atoms with Gasteiger partial charge in [-0.3, -0.25) is 0 Å². The molecule has 0 fully saturated rings. The number of anilines is 1. The first-order valence-electron chi connectivity index (χ1n) is 7.47. The molecule has 1 atom stereocenters. The maximum Gasteiger partial charge on any atom is 0.184 e. The minimum Gasteiger partial charge on any atom is -0.399 e. The van der Waals surface area contributed by atoms with Crippen molar-refractivity contribution < 1.29 is 4.39 Å². The third kappa shape index (κ3) is 3.77. The van der Waals surface area contributed by atoms with Crippen LogP contribution in [-0.4, -0.2) is 20.2 Å². The van der Waals surface area contributed by atoms with Crippen LogP contribution in [0.25, 0.3) is 11.4 Å². The van der Waals surface area contributed by atoms with Gasteiger partial charge in [-0.05, 0) is 41.0 Å². The third-order valence-electron chi connectivity index (χ3n) is 3.74. The smallest absolute Gasteiger partial charge is 0.184 e. The van der Waals surface area contributed by atoms with Gasteiger partial charge in [0.25, 0.3) is 0 Å². The number of hydrogen-bond acceptors (Lipinski definition) is 4. The number of tetrazole rings is 1. The van der Waals surface area contributed by atoms with Crippen molar-refractivity contribution >= 4 is 5.69 Å². The average Bonchev–Trinajstić information content (AvgIpc) is 2.91. The van der Waals surface area contributed by atoms with Gasteiger partial charge in [0, 0.05) is 12.2 Å². The molecule has 0 aliphatic rings. The molecule has 2 aromatic rings. The van der Waals surface area contributed by atoms with Gasteiger partial charge >= 0.3 is 0 Å². The Kier molecular flexibility index (Phi) is 5.25. The van der Waals surface area contributed by atoms with Crippen molar-refractivity contribution in [2.75, 3.05) is 5.73 Å². The zero-order valence-electron chi connectivity index (χ0n) is 12.6. The SMILES string of the molecule is CCCCC(CC)Cn1nnnc1-c1ccc(N)cc1F. The number of rotatable bonds is 7. The zero-order chi connectivity index (χ0) is 15.2. The van der Waals surface area contributed by atoms with Gasteiger partial charge < -0.3 is 5.73 Å². The van der Waals surface area contributed by atoms with E-state index in [1.165, 1.54) is 18.9 Å². The van der Waals surface area contributed by atoms with E-state index in [0.717, 1.165) is 12.8 Å². The summed E-state index contributed by atoms with van der Waals surface area (Å²) in [7, 11) is 0. The van der Waals surface area contributed by atoms with Gasteiger partial charge in [-0.15, -0.1) is 5.10 Å². The molecule has 21 heavy (non-hydrogen) atoms. The molecule has 0 radical (unpaired) electrons. The fourth-order valence-electron chi connectivity index (χ4n) is 2.40. The Hall–Kier alpha value is -1.98. The van der Waals surface area contributed by atoms with Crippen molar-refractivity contribution in [2.24, 2.45) is 5.92 Å². The Morgan fingerprint density at radius 2 is 2.14 bits per heavy atom. The van der Waals surface area contributed by atoms with Gasteiger partial charge in [0.2, 0.25) is 0 Å². The zero-order valence-corrected chi connectivity index (χ0v) is 12.6. The molecule has 0 aliphatic carbocycles. The first-order chi connectivity index (χ1) is 10.2. The van der Waals surface area contributed by atoms with Crippen molar-refractivity contribution in [3.8, 4) is 11.4 Å². The monoisotopic (exact) mass is 291 g/mol. The van der Waals surface area contributed by atoms with Crippen LogP contribution in [0.3, 0.4) is 0 Å². The van der Waals surface area contributed by atoms with Crippen molar-refractivity contribution in [1.29, 1.82) is 0 Å². The van der Waals surface area contributed by atoms with Gasteiger partial charge in [0.05, 0.1) is 5.56 Å². The van der Waals surface area contributed by atoms with Crippen LogP contribution in [0.4, 0.5) is 10.1 Å². The maximum absolute atomic E-state index is 14.0. The quantitative estimate of drug-likeness (QED) is 0.795. The maximum atomic E-state index is 14.0. The van der Waals surface area contributed by atoms with E-state index in [9.17, 15) is 4.39 Å². The Bertz CT molecular complexity index is 581. The van der Waals surface area contributed by atoms with E-state index in [1.807, 2.05) is 0 Å². The lowest BCUT2D eigenvalue weighted by molar-refractivity contribution is 0.369. The second-order valence-electron chi connectivity index (χ2n) is 5.34. The number of benzene rings is 1. The predicted octanol–water partition coefficient (Wildman–Crippen LogP) is 3.28. The number of aromatic nitrogens is 4. The molecule has 2 rings (SSSR count). The van der Waals surface area contributed by atoms with Gasteiger partial charge in [0.15, 0.2) is 5.82 Å². The molecule has 1 unspecified atom stereocenters. The lowest BCUT2D eigenvalue weighted by Crippen LogP contribution is -2.13.